The molecule has 1 heterocycles. The van der Waals surface area contributed by atoms with E-state index in [4.69, 9.17) is 14.2 Å². The summed E-state index contributed by atoms with van der Waals surface area (Å²) >= 11 is 0. The molecule has 0 N–H and O–H groups in total. The summed E-state index contributed by atoms with van der Waals surface area (Å²) in [5.74, 6) is -0.792. The molecule has 0 fully saturated rings. The number of esters is 1. The third kappa shape index (κ3) is 4.12. The van der Waals surface area contributed by atoms with Crippen LogP contribution in [0.25, 0.3) is 0 Å². The first kappa shape index (κ1) is 14.1. The lowest BCUT2D eigenvalue weighted by molar-refractivity contribution is -0.148. The Hall–Kier alpha value is -1.98. The topological polar surface area (TPSA) is 65.1 Å². The molecule has 0 unspecified atom stereocenters. The monoisotopic (exact) mass is 255 g/mol. The SMILES string of the molecule is C=CCN(CC(=O)OCC)C(=O)C1=COCCO1. The van der Waals surface area contributed by atoms with Crippen molar-refractivity contribution in [3.05, 3.63) is 24.7 Å². The minimum absolute atomic E-state index is 0.0902. The first-order valence-corrected chi connectivity index (χ1v) is 5.69. The second-order valence-corrected chi connectivity index (χ2v) is 3.48. The van der Waals surface area contributed by atoms with Gasteiger partial charge in [-0.3, -0.25) is 9.59 Å². The van der Waals surface area contributed by atoms with Crippen molar-refractivity contribution in [1.82, 2.24) is 4.90 Å². The number of nitrogens with zero attached hydrogens (tertiary/aromatic N) is 1. The molecule has 18 heavy (non-hydrogen) atoms. The second-order valence-electron chi connectivity index (χ2n) is 3.48. The van der Waals surface area contributed by atoms with Crippen LogP contribution in [-0.4, -0.2) is 49.7 Å². The van der Waals surface area contributed by atoms with Gasteiger partial charge in [-0.2, -0.15) is 0 Å². The quantitative estimate of drug-likeness (QED) is 0.509. The van der Waals surface area contributed by atoms with E-state index >= 15 is 0 Å². The lowest BCUT2D eigenvalue weighted by Gasteiger charge is -2.23. The lowest BCUT2D eigenvalue weighted by Crippen LogP contribution is -2.38. The maximum atomic E-state index is 12.0. The molecular weight excluding hydrogens is 238 g/mol. The van der Waals surface area contributed by atoms with Crippen molar-refractivity contribution >= 4 is 11.9 Å². The first-order chi connectivity index (χ1) is 8.69. The summed E-state index contributed by atoms with van der Waals surface area (Å²) in [5, 5.41) is 0. The minimum atomic E-state index is -0.468. The number of hydrogen-bond acceptors (Lipinski definition) is 5. The largest absolute Gasteiger partial charge is 0.494 e. The maximum absolute atomic E-state index is 12.0. The molecule has 6 nitrogen and oxygen atoms in total. The highest BCUT2D eigenvalue weighted by Gasteiger charge is 2.23. The van der Waals surface area contributed by atoms with Crippen LogP contribution >= 0.6 is 0 Å². The van der Waals surface area contributed by atoms with Crippen LogP contribution in [0.2, 0.25) is 0 Å². The van der Waals surface area contributed by atoms with Gasteiger partial charge in [-0.15, -0.1) is 6.58 Å². The van der Waals surface area contributed by atoms with E-state index < -0.39 is 11.9 Å². The van der Waals surface area contributed by atoms with E-state index in [-0.39, 0.29) is 25.5 Å². The summed E-state index contributed by atoms with van der Waals surface area (Å²) < 4.78 is 15.0. The van der Waals surface area contributed by atoms with E-state index in [1.54, 1.807) is 6.92 Å². The van der Waals surface area contributed by atoms with E-state index in [9.17, 15) is 9.59 Å². The number of rotatable bonds is 6. The summed E-state index contributed by atoms with van der Waals surface area (Å²) in [6, 6.07) is 0. The number of amides is 1. The van der Waals surface area contributed by atoms with Crippen molar-refractivity contribution < 1.29 is 23.8 Å². The van der Waals surface area contributed by atoms with Crippen molar-refractivity contribution in [2.45, 2.75) is 6.92 Å². The van der Waals surface area contributed by atoms with Crippen LogP contribution in [0, 0.1) is 0 Å². The highest BCUT2D eigenvalue weighted by Crippen LogP contribution is 2.09. The van der Waals surface area contributed by atoms with Crippen molar-refractivity contribution in [2.75, 3.05) is 32.9 Å². The molecule has 1 rings (SSSR count). The van der Waals surface area contributed by atoms with E-state index in [1.807, 2.05) is 0 Å². The Morgan fingerprint density at radius 1 is 1.56 bits per heavy atom. The zero-order chi connectivity index (χ0) is 13.4. The molecule has 100 valence electrons. The van der Waals surface area contributed by atoms with Gasteiger partial charge < -0.3 is 19.1 Å². The van der Waals surface area contributed by atoms with E-state index in [0.29, 0.717) is 13.2 Å². The van der Waals surface area contributed by atoms with Gasteiger partial charge in [0.15, 0.2) is 0 Å². The molecule has 0 saturated carbocycles. The average Bonchev–Trinajstić information content (AvgIpc) is 2.39. The van der Waals surface area contributed by atoms with Crippen LogP contribution in [0.3, 0.4) is 0 Å². The Bertz CT molecular complexity index is 350. The van der Waals surface area contributed by atoms with Crippen LogP contribution in [-0.2, 0) is 23.8 Å². The number of carbonyl (C=O) groups excluding carboxylic acids is 2. The van der Waals surface area contributed by atoms with E-state index in [1.165, 1.54) is 17.2 Å². The Morgan fingerprint density at radius 2 is 2.33 bits per heavy atom. The summed E-state index contributed by atoms with van der Waals surface area (Å²) in [6.07, 6.45) is 2.79. The number of hydrogen-bond donors (Lipinski definition) is 0. The highest BCUT2D eigenvalue weighted by molar-refractivity contribution is 5.93. The van der Waals surface area contributed by atoms with Crippen molar-refractivity contribution in [2.24, 2.45) is 0 Å². The molecule has 0 saturated heterocycles. The third-order valence-electron chi connectivity index (χ3n) is 2.12. The average molecular weight is 255 g/mol. The van der Waals surface area contributed by atoms with Crippen molar-refractivity contribution in [3.8, 4) is 0 Å². The molecule has 0 aromatic carbocycles. The highest BCUT2D eigenvalue weighted by atomic mass is 16.6. The van der Waals surface area contributed by atoms with E-state index in [2.05, 4.69) is 6.58 Å². The summed E-state index contributed by atoms with van der Waals surface area (Å²) in [5.41, 5.74) is 0. The molecule has 1 aliphatic rings. The van der Waals surface area contributed by atoms with Gasteiger partial charge in [-0.05, 0) is 6.92 Å². The van der Waals surface area contributed by atoms with Gasteiger partial charge >= 0.3 is 5.97 Å². The van der Waals surface area contributed by atoms with E-state index in [0.717, 1.165) is 0 Å². The Kier molecular flexibility index (Phi) is 5.76. The molecule has 0 radical (unpaired) electrons. The van der Waals surface area contributed by atoms with Gasteiger partial charge in [0.1, 0.15) is 26.0 Å². The minimum Gasteiger partial charge on any atom is -0.494 e. The number of ether oxygens (including phenoxy) is 3. The van der Waals surface area contributed by atoms with Gasteiger partial charge in [0.25, 0.3) is 5.91 Å². The molecule has 0 aromatic rings. The van der Waals surface area contributed by atoms with Gasteiger partial charge in [0.2, 0.25) is 5.76 Å². The predicted octanol–water partition coefficient (Wildman–Crippen LogP) is 0.452. The van der Waals surface area contributed by atoms with Crippen LogP contribution in [0.1, 0.15) is 6.92 Å². The molecule has 0 aliphatic carbocycles. The molecule has 1 aliphatic heterocycles. The first-order valence-electron chi connectivity index (χ1n) is 5.69. The standard InChI is InChI=1S/C12H17NO5/c1-3-5-13(8-11(14)17-4-2)12(15)10-9-16-6-7-18-10/h3,9H,1,4-8H2,2H3. The maximum Gasteiger partial charge on any atom is 0.325 e. The fraction of sp³-hybridized carbons (Fsp3) is 0.500. The molecular formula is C12H17NO5. The smallest absolute Gasteiger partial charge is 0.325 e. The summed E-state index contributed by atoms with van der Waals surface area (Å²) in [6.45, 7) is 6.35. The fourth-order valence-electron chi connectivity index (χ4n) is 1.37. The Labute approximate surface area is 106 Å². The summed E-state index contributed by atoms with van der Waals surface area (Å²) in [4.78, 5) is 24.7. The predicted molar refractivity (Wildman–Crippen MR) is 63.4 cm³/mol. The Balaban J connectivity index is 2.65. The van der Waals surface area contributed by atoms with Gasteiger partial charge in [0, 0.05) is 6.54 Å². The molecule has 0 aromatic heterocycles. The van der Waals surface area contributed by atoms with Crippen LogP contribution in [0.4, 0.5) is 0 Å². The van der Waals surface area contributed by atoms with Crippen LogP contribution < -0.4 is 0 Å². The normalized spacial score (nSPS) is 13.7. The molecule has 1 amide bonds. The zero-order valence-electron chi connectivity index (χ0n) is 10.4. The molecule has 6 heteroatoms. The van der Waals surface area contributed by atoms with Crippen molar-refractivity contribution in [3.63, 3.8) is 0 Å². The third-order valence-corrected chi connectivity index (χ3v) is 2.12. The van der Waals surface area contributed by atoms with Crippen LogP contribution in [0.5, 0.6) is 0 Å². The van der Waals surface area contributed by atoms with Gasteiger partial charge in [-0.1, -0.05) is 6.08 Å². The van der Waals surface area contributed by atoms with Crippen LogP contribution in [0.15, 0.2) is 24.7 Å². The van der Waals surface area contributed by atoms with Crippen molar-refractivity contribution in [1.29, 1.82) is 0 Å². The second kappa shape index (κ2) is 7.37. The zero-order valence-corrected chi connectivity index (χ0v) is 10.4. The molecule has 0 atom stereocenters. The van der Waals surface area contributed by atoms with Gasteiger partial charge in [-0.25, -0.2) is 0 Å². The fourth-order valence-corrected chi connectivity index (χ4v) is 1.37. The lowest BCUT2D eigenvalue weighted by atomic mass is 10.3. The number of carbonyl (C=O) groups is 2. The molecule has 0 spiro atoms. The van der Waals surface area contributed by atoms with Gasteiger partial charge in [0.05, 0.1) is 6.61 Å². The molecule has 0 bridgehead atoms. The Morgan fingerprint density at radius 3 is 2.89 bits per heavy atom. The summed E-state index contributed by atoms with van der Waals surface area (Å²) in [7, 11) is 0.